The third-order valence-electron chi connectivity index (χ3n) is 2.82. The van der Waals surface area contributed by atoms with Gasteiger partial charge < -0.3 is 4.90 Å². The molecule has 0 aliphatic carbocycles. The highest BCUT2D eigenvalue weighted by Gasteiger charge is 2.25. The van der Waals surface area contributed by atoms with Crippen molar-refractivity contribution in [2.45, 2.75) is 26.3 Å². The Kier molecular flexibility index (Phi) is 3.40. The largest absolute Gasteiger partial charge is 0.337 e. The van der Waals surface area contributed by atoms with Crippen molar-refractivity contribution in [1.82, 2.24) is 9.88 Å². The molecule has 1 unspecified atom stereocenters. The van der Waals surface area contributed by atoms with Crippen LogP contribution >= 0.6 is 11.3 Å². The number of anilines is 1. The fourth-order valence-corrected chi connectivity index (χ4v) is 2.66. The molecule has 1 aliphatic heterocycles. The summed E-state index contributed by atoms with van der Waals surface area (Å²) in [5.74, 6) is 5.68. The van der Waals surface area contributed by atoms with E-state index >= 15 is 0 Å². The SMILES string of the molecule is CC1CCCN(Cc2cnc(NN)s2)C1=O. The van der Waals surface area contributed by atoms with Gasteiger partial charge >= 0.3 is 0 Å². The molecule has 1 fully saturated rings. The van der Waals surface area contributed by atoms with Crippen LogP contribution in [0.25, 0.3) is 0 Å². The van der Waals surface area contributed by atoms with Crippen molar-refractivity contribution < 1.29 is 4.79 Å². The van der Waals surface area contributed by atoms with Gasteiger partial charge in [-0.2, -0.15) is 0 Å². The van der Waals surface area contributed by atoms with Gasteiger partial charge in [0, 0.05) is 23.5 Å². The molecule has 0 aromatic carbocycles. The van der Waals surface area contributed by atoms with Crippen LogP contribution in [-0.2, 0) is 11.3 Å². The summed E-state index contributed by atoms with van der Waals surface area (Å²) in [4.78, 5) is 18.9. The minimum Gasteiger partial charge on any atom is -0.337 e. The summed E-state index contributed by atoms with van der Waals surface area (Å²) in [6.45, 7) is 3.50. The van der Waals surface area contributed by atoms with E-state index in [2.05, 4.69) is 10.4 Å². The van der Waals surface area contributed by atoms with Gasteiger partial charge in [0.1, 0.15) is 0 Å². The Morgan fingerprint density at radius 1 is 1.75 bits per heavy atom. The maximum Gasteiger partial charge on any atom is 0.225 e. The zero-order valence-electron chi connectivity index (χ0n) is 9.27. The molecule has 6 heteroatoms. The van der Waals surface area contributed by atoms with E-state index < -0.39 is 0 Å². The topological polar surface area (TPSA) is 71.2 Å². The lowest BCUT2D eigenvalue weighted by molar-refractivity contribution is -0.138. The molecule has 2 heterocycles. The van der Waals surface area contributed by atoms with Crippen LogP contribution in [0.2, 0.25) is 0 Å². The number of amides is 1. The summed E-state index contributed by atoms with van der Waals surface area (Å²) in [6, 6.07) is 0. The van der Waals surface area contributed by atoms with Gasteiger partial charge in [-0.3, -0.25) is 10.2 Å². The minimum absolute atomic E-state index is 0.161. The summed E-state index contributed by atoms with van der Waals surface area (Å²) in [5, 5.41) is 0.688. The van der Waals surface area contributed by atoms with Gasteiger partial charge in [-0.05, 0) is 12.8 Å². The van der Waals surface area contributed by atoms with E-state index in [0.717, 1.165) is 24.3 Å². The second kappa shape index (κ2) is 4.80. The van der Waals surface area contributed by atoms with Crippen molar-refractivity contribution in [3.05, 3.63) is 11.1 Å². The van der Waals surface area contributed by atoms with Crippen LogP contribution in [0.1, 0.15) is 24.6 Å². The number of carbonyl (C=O) groups excluding carboxylic acids is 1. The molecule has 0 saturated carbocycles. The number of piperidine rings is 1. The molecule has 3 N–H and O–H groups in total. The number of nitrogens with two attached hydrogens (primary N) is 1. The zero-order valence-corrected chi connectivity index (χ0v) is 10.1. The van der Waals surface area contributed by atoms with Crippen LogP contribution in [-0.4, -0.2) is 22.3 Å². The molecule has 0 spiro atoms. The van der Waals surface area contributed by atoms with Gasteiger partial charge in [0.25, 0.3) is 0 Å². The molecule has 16 heavy (non-hydrogen) atoms. The van der Waals surface area contributed by atoms with Gasteiger partial charge in [0.05, 0.1) is 6.54 Å². The minimum atomic E-state index is 0.161. The number of hydrogen-bond donors (Lipinski definition) is 2. The molecule has 1 aliphatic rings. The quantitative estimate of drug-likeness (QED) is 0.615. The number of nitrogens with zero attached hydrogens (tertiary/aromatic N) is 2. The Morgan fingerprint density at radius 2 is 2.56 bits per heavy atom. The van der Waals surface area contributed by atoms with E-state index in [-0.39, 0.29) is 11.8 Å². The molecule has 88 valence electrons. The third-order valence-corrected chi connectivity index (χ3v) is 3.74. The smallest absolute Gasteiger partial charge is 0.225 e. The van der Waals surface area contributed by atoms with E-state index in [1.165, 1.54) is 11.3 Å². The highest BCUT2D eigenvalue weighted by Crippen LogP contribution is 2.23. The molecule has 1 amide bonds. The fourth-order valence-electron chi connectivity index (χ4n) is 1.93. The molecule has 2 rings (SSSR count). The lowest BCUT2D eigenvalue weighted by Crippen LogP contribution is -2.39. The second-order valence-electron chi connectivity index (χ2n) is 4.08. The van der Waals surface area contributed by atoms with Gasteiger partial charge in [-0.1, -0.05) is 18.3 Å². The average Bonchev–Trinajstić information content (AvgIpc) is 2.73. The normalized spacial score (nSPS) is 21.2. The Balaban J connectivity index is 2.00. The van der Waals surface area contributed by atoms with Crippen molar-refractivity contribution in [2.75, 3.05) is 12.0 Å². The van der Waals surface area contributed by atoms with E-state index in [1.54, 1.807) is 6.20 Å². The highest BCUT2D eigenvalue weighted by atomic mass is 32.1. The van der Waals surface area contributed by atoms with Gasteiger partial charge in [-0.25, -0.2) is 10.8 Å². The second-order valence-corrected chi connectivity index (χ2v) is 5.19. The van der Waals surface area contributed by atoms with E-state index in [9.17, 15) is 4.79 Å². The van der Waals surface area contributed by atoms with Crippen LogP contribution in [0.4, 0.5) is 5.13 Å². The summed E-state index contributed by atoms with van der Waals surface area (Å²) in [7, 11) is 0. The summed E-state index contributed by atoms with van der Waals surface area (Å²) in [6.07, 6.45) is 3.87. The molecule has 1 saturated heterocycles. The average molecular weight is 240 g/mol. The van der Waals surface area contributed by atoms with Crippen molar-refractivity contribution in [3.63, 3.8) is 0 Å². The molecule has 1 aromatic rings. The number of carbonyl (C=O) groups is 1. The molecular formula is C10H16N4OS. The summed E-state index contributed by atoms with van der Waals surface area (Å²) in [5.41, 5.74) is 2.51. The first-order chi connectivity index (χ1) is 7.70. The third kappa shape index (κ3) is 2.33. The first-order valence-corrected chi connectivity index (χ1v) is 6.22. The summed E-state index contributed by atoms with van der Waals surface area (Å²) >= 11 is 1.49. The van der Waals surface area contributed by atoms with Crippen LogP contribution in [0.3, 0.4) is 0 Å². The van der Waals surface area contributed by atoms with Crippen molar-refractivity contribution >= 4 is 22.4 Å². The Hall–Kier alpha value is -1.14. The monoisotopic (exact) mass is 240 g/mol. The number of nitrogens with one attached hydrogen (secondary N) is 1. The van der Waals surface area contributed by atoms with Gasteiger partial charge in [0.15, 0.2) is 5.13 Å². The van der Waals surface area contributed by atoms with E-state index in [4.69, 9.17) is 5.84 Å². The first kappa shape index (κ1) is 11.3. The van der Waals surface area contributed by atoms with E-state index in [1.807, 2.05) is 11.8 Å². The Labute approximate surface area is 98.6 Å². The lowest BCUT2D eigenvalue weighted by Gasteiger charge is -2.30. The number of hydrazine groups is 1. The lowest BCUT2D eigenvalue weighted by atomic mass is 9.99. The number of thiazole rings is 1. The predicted molar refractivity (Wildman–Crippen MR) is 63.7 cm³/mol. The Morgan fingerprint density at radius 3 is 3.25 bits per heavy atom. The predicted octanol–water partition coefficient (Wildman–Crippen LogP) is 1.19. The molecule has 0 bridgehead atoms. The highest BCUT2D eigenvalue weighted by molar-refractivity contribution is 7.15. The van der Waals surface area contributed by atoms with Crippen molar-refractivity contribution in [1.29, 1.82) is 0 Å². The van der Waals surface area contributed by atoms with Crippen molar-refractivity contribution in [2.24, 2.45) is 11.8 Å². The number of aromatic nitrogens is 1. The number of nitrogen functional groups attached to an aromatic ring is 1. The van der Waals surface area contributed by atoms with E-state index in [0.29, 0.717) is 11.7 Å². The maximum atomic E-state index is 11.9. The van der Waals surface area contributed by atoms with Crippen LogP contribution in [0.5, 0.6) is 0 Å². The van der Waals surface area contributed by atoms with Gasteiger partial charge in [-0.15, -0.1) is 0 Å². The standard InChI is InChI=1S/C10H16N4OS/c1-7-3-2-4-14(9(7)15)6-8-5-12-10(13-11)16-8/h5,7H,2-4,6,11H2,1H3,(H,12,13). The van der Waals surface area contributed by atoms with Crippen molar-refractivity contribution in [3.8, 4) is 0 Å². The molecule has 1 aromatic heterocycles. The number of hydrogen-bond acceptors (Lipinski definition) is 5. The molecule has 1 atom stereocenters. The van der Waals surface area contributed by atoms with Crippen LogP contribution < -0.4 is 11.3 Å². The van der Waals surface area contributed by atoms with Crippen LogP contribution in [0, 0.1) is 5.92 Å². The summed E-state index contributed by atoms with van der Waals surface area (Å²) < 4.78 is 0. The van der Waals surface area contributed by atoms with Gasteiger partial charge in [0.2, 0.25) is 5.91 Å². The fraction of sp³-hybridized carbons (Fsp3) is 0.600. The molecule has 0 radical (unpaired) electrons. The zero-order chi connectivity index (χ0) is 11.5. The maximum absolute atomic E-state index is 11.9. The first-order valence-electron chi connectivity index (χ1n) is 5.41. The molecule has 5 nitrogen and oxygen atoms in total. The number of likely N-dealkylation sites (tertiary alicyclic amines) is 1. The van der Waals surface area contributed by atoms with Crippen LogP contribution in [0.15, 0.2) is 6.20 Å². The molecular weight excluding hydrogens is 224 g/mol. The Bertz CT molecular complexity index is 379. The number of rotatable bonds is 3.